The number of fused-ring (bicyclic) bond motifs is 1. The van der Waals surface area contributed by atoms with Gasteiger partial charge in [-0.1, -0.05) is 11.2 Å². The molecule has 4 rings (SSSR count). The summed E-state index contributed by atoms with van der Waals surface area (Å²) in [4.78, 5) is 22.5. The van der Waals surface area contributed by atoms with Crippen LogP contribution in [0, 0.1) is 0 Å². The van der Waals surface area contributed by atoms with E-state index in [-0.39, 0.29) is 19.3 Å². The van der Waals surface area contributed by atoms with Crippen LogP contribution in [0.4, 0.5) is 0 Å². The predicted molar refractivity (Wildman–Crippen MR) is 106 cm³/mol. The Morgan fingerprint density at radius 2 is 2.07 bits per heavy atom. The molecule has 2 aliphatic heterocycles. The first-order chi connectivity index (χ1) is 13.7. The average Bonchev–Trinajstić information content (AvgIpc) is 3.39. The van der Waals surface area contributed by atoms with Gasteiger partial charge in [0.1, 0.15) is 6.54 Å². The molecule has 0 radical (unpaired) electrons. The minimum absolute atomic E-state index is 0.0163. The third-order valence-corrected chi connectivity index (χ3v) is 5.88. The fraction of sp³-hybridized carbons (Fsp3) is 0.400. The van der Waals surface area contributed by atoms with Gasteiger partial charge in [0, 0.05) is 5.56 Å². The zero-order valence-corrected chi connectivity index (χ0v) is 16.7. The number of oxime groups is 1. The van der Waals surface area contributed by atoms with Crippen molar-refractivity contribution in [3.8, 4) is 11.5 Å². The first kappa shape index (κ1) is 18.8. The molecule has 0 unspecified atom stereocenters. The number of carbonyl (C=O) groups excluding carboxylic acids is 1. The molecule has 1 amide bonds. The van der Waals surface area contributed by atoms with E-state index in [4.69, 9.17) is 14.3 Å². The number of nitrogens with one attached hydrogen (secondary N) is 1. The second kappa shape index (κ2) is 8.62. The summed E-state index contributed by atoms with van der Waals surface area (Å²) in [6.45, 7) is 6.52. The summed E-state index contributed by atoms with van der Waals surface area (Å²) in [7, 11) is 0. The lowest BCUT2D eigenvalue weighted by atomic mass is 10.1. The van der Waals surface area contributed by atoms with Crippen LogP contribution in [0.25, 0.3) is 0 Å². The normalized spacial score (nSPS) is 17.0. The van der Waals surface area contributed by atoms with Crippen LogP contribution < -0.4 is 14.4 Å². The van der Waals surface area contributed by atoms with Gasteiger partial charge in [-0.05, 0) is 36.6 Å². The molecule has 1 aromatic heterocycles. The Bertz CT molecular complexity index is 845. The van der Waals surface area contributed by atoms with E-state index in [0.29, 0.717) is 11.5 Å². The highest BCUT2D eigenvalue weighted by atomic mass is 32.1. The van der Waals surface area contributed by atoms with Gasteiger partial charge < -0.3 is 24.1 Å². The number of amides is 1. The number of rotatable bonds is 6. The monoisotopic (exact) mass is 402 g/mol. The fourth-order valence-electron chi connectivity index (χ4n) is 3.36. The first-order valence-electron chi connectivity index (χ1n) is 9.39. The molecular formula is C20H24N3O4S+. The van der Waals surface area contributed by atoms with E-state index >= 15 is 0 Å². The van der Waals surface area contributed by atoms with Crippen LogP contribution in [0.5, 0.6) is 11.5 Å². The zero-order chi connectivity index (χ0) is 19.3. The summed E-state index contributed by atoms with van der Waals surface area (Å²) in [6.07, 6.45) is 0. The number of benzene rings is 1. The Labute approximate surface area is 168 Å². The molecule has 8 heteroatoms. The number of quaternary nitrogens is 1. The molecule has 0 spiro atoms. The molecule has 1 aromatic carbocycles. The molecule has 148 valence electrons. The van der Waals surface area contributed by atoms with Crippen molar-refractivity contribution in [2.45, 2.75) is 13.5 Å². The smallest absolute Gasteiger partial charge is 0.263 e. The number of hydrogen-bond acceptors (Lipinski definition) is 6. The molecule has 0 atom stereocenters. The maximum absolute atomic E-state index is 12.4. The van der Waals surface area contributed by atoms with Crippen molar-refractivity contribution < 1.29 is 24.0 Å². The Kier molecular flexibility index (Phi) is 5.78. The molecule has 2 aromatic rings. The highest BCUT2D eigenvalue weighted by molar-refractivity contribution is 7.09. The second-order valence-corrected chi connectivity index (χ2v) is 7.94. The fourth-order valence-corrected chi connectivity index (χ4v) is 4.14. The number of piperazine rings is 1. The van der Waals surface area contributed by atoms with Crippen molar-refractivity contribution in [2.75, 3.05) is 39.6 Å². The van der Waals surface area contributed by atoms with E-state index < -0.39 is 0 Å². The van der Waals surface area contributed by atoms with Crippen LogP contribution >= 0.6 is 11.3 Å². The van der Waals surface area contributed by atoms with Crippen molar-refractivity contribution in [3.05, 3.63) is 46.2 Å². The van der Waals surface area contributed by atoms with Crippen LogP contribution in [0.1, 0.15) is 17.4 Å². The SMILES string of the molecule is C/C(=N/OCC(=O)N1CC[NH+](Cc2cccs2)CC1)c1ccc2c(c1)OCO2. The standard InChI is InChI=1S/C20H23N3O4S/c1-15(16-4-5-18-19(11-16)26-14-25-18)21-27-13-20(24)23-8-6-22(7-9-23)12-17-3-2-10-28-17/h2-5,10-11H,6-9,12-14H2,1H3/p+1/b21-15-. The highest BCUT2D eigenvalue weighted by Crippen LogP contribution is 2.32. The largest absolute Gasteiger partial charge is 0.454 e. The van der Waals surface area contributed by atoms with Gasteiger partial charge >= 0.3 is 0 Å². The van der Waals surface area contributed by atoms with Gasteiger partial charge in [-0.25, -0.2) is 0 Å². The van der Waals surface area contributed by atoms with Gasteiger partial charge in [-0.2, -0.15) is 0 Å². The number of thiophene rings is 1. The number of ether oxygens (including phenoxy) is 2. The highest BCUT2D eigenvalue weighted by Gasteiger charge is 2.24. The lowest BCUT2D eigenvalue weighted by Gasteiger charge is -2.31. The summed E-state index contributed by atoms with van der Waals surface area (Å²) in [5, 5.41) is 6.20. The minimum atomic E-state index is -0.0395. The molecule has 0 saturated carbocycles. The lowest BCUT2D eigenvalue weighted by molar-refractivity contribution is -0.917. The maximum Gasteiger partial charge on any atom is 0.263 e. The Morgan fingerprint density at radius 1 is 1.25 bits per heavy atom. The Hall–Kier alpha value is -2.58. The average molecular weight is 402 g/mol. The van der Waals surface area contributed by atoms with Crippen molar-refractivity contribution >= 4 is 23.0 Å². The van der Waals surface area contributed by atoms with Crippen molar-refractivity contribution in [1.82, 2.24) is 4.90 Å². The van der Waals surface area contributed by atoms with E-state index in [1.807, 2.05) is 30.0 Å². The summed E-state index contributed by atoms with van der Waals surface area (Å²) in [5.74, 6) is 1.41. The van der Waals surface area contributed by atoms with Gasteiger partial charge in [-0.15, -0.1) is 11.3 Å². The van der Waals surface area contributed by atoms with E-state index in [2.05, 4.69) is 22.7 Å². The van der Waals surface area contributed by atoms with Gasteiger partial charge in [0.05, 0.1) is 36.8 Å². The van der Waals surface area contributed by atoms with Crippen LogP contribution in [0.3, 0.4) is 0 Å². The van der Waals surface area contributed by atoms with Gasteiger partial charge in [0.25, 0.3) is 5.91 Å². The zero-order valence-electron chi connectivity index (χ0n) is 15.8. The molecule has 0 bridgehead atoms. The van der Waals surface area contributed by atoms with Gasteiger partial charge in [-0.3, -0.25) is 4.79 Å². The van der Waals surface area contributed by atoms with Crippen molar-refractivity contribution in [3.63, 3.8) is 0 Å². The molecule has 0 aliphatic carbocycles. The van der Waals surface area contributed by atoms with Crippen molar-refractivity contribution in [2.24, 2.45) is 5.16 Å². The summed E-state index contributed by atoms with van der Waals surface area (Å²) >= 11 is 1.79. The third kappa shape index (κ3) is 4.45. The van der Waals surface area contributed by atoms with Crippen LogP contribution in [0.2, 0.25) is 0 Å². The molecule has 2 aliphatic rings. The Balaban J connectivity index is 1.23. The number of hydrogen-bond donors (Lipinski definition) is 1. The van der Waals surface area contributed by atoms with Gasteiger partial charge in [0.15, 0.2) is 18.1 Å². The quantitative estimate of drug-likeness (QED) is 0.582. The summed E-state index contributed by atoms with van der Waals surface area (Å²) in [5.41, 5.74) is 1.57. The maximum atomic E-state index is 12.4. The van der Waals surface area contributed by atoms with Crippen LogP contribution in [0.15, 0.2) is 40.9 Å². The summed E-state index contributed by atoms with van der Waals surface area (Å²) in [6, 6.07) is 9.86. The number of carbonyl (C=O) groups is 1. The van der Waals surface area contributed by atoms with E-state index in [1.165, 1.54) is 9.78 Å². The molecule has 3 heterocycles. The van der Waals surface area contributed by atoms with E-state index in [1.54, 1.807) is 11.3 Å². The van der Waals surface area contributed by atoms with Crippen LogP contribution in [-0.4, -0.2) is 56.1 Å². The second-order valence-electron chi connectivity index (χ2n) is 6.91. The first-order valence-corrected chi connectivity index (χ1v) is 10.3. The molecule has 1 fully saturated rings. The Morgan fingerprint density at radius 3 is 2.86 bits per heavy atom. The molecular weight excluding hydrogens is 378 g/mol. The predicted octanol–water partition coefficient (Wildman–Crippen LogP) is 1.14. The number of nitrogens with zero attached hydrogens (tertiary/aromatic N) is 2. The topological polar surface area (TPSA) is 64.8 Å². The molecule has 7 nitrogen and oxygen atoms in total. The minimum Gasteiger partial charge on any atom is -0.454 e. The van der Waals surface area contributed by atoms with Crippen LogP contribution in [-0.2, 0) is 16.2 Å². The molecule has 1 saturated heterocycles. The lowest BCUT2D eigenvalue weighted by Crippen LogP contribution is -3.13. The van der Waals surface area contributed by atoms with Crippen molar-refractivity contribution in [1.29, 1.82) is 0 Å². The van der Waals surface area contributed by atoms with E-state index in [0.717, 1.165) is 44.0 Å². The molecule has 28 heavy (non-hydrogen) atoms. The molecule has 1 N–H and O–H groups in total. The summed E-state index contributed by atoms with van der Waals surface area (Å²) < 4.78 is 10.7. The van der Waals surface area contributed by atoms with E-state index in [9.17, 15) is 4.79 Å². The third-order valence-electron chi connectivity index (χ3n) is 5.01. The van der Waals surface area contributed by atoms with Gasteiger partial charge in [0.2, 0.25) is 6.79 Å².